The largest absolute Gasteiger partial charge is 0.382 e. The van der Waals surface area contributed by atoms with Crippen molar-refractivity contribution in [1.82, 2.24) is 19.6 Å². The van der Waals surface area contributed by atoms with Gasteiger partial charge in [-0.05, 0) is 31.5 Å². The van der Waals surface area contributed by atoms with Crippen molar-refractivity contribution in [3.8, 4) is 0 Å². The fraction of sp³-hybridized carbons (Fsp3) is 0.300. The van der Waals surface area contributed by atoms with E-state index in [-0.39, 0.29) is 11.7 Å². The fourth-order valence-electron chi connectivity index (χ4n) is 3.22. The van der Waals surface area contributed by atoms with Crippen LogP contribution in [0.3, 0.4) is 0 Å². The van der Waals surface area contributed by atoms with Gasteiger partial charge in [-0.3, -0.25) is 14.2 Å². The normalized spacial score (nSPS) is 15.6. The molecule has 3 aromatic rings. The Bertz CT molecular complexity index is 1170. The number of hydrogen-bond acceptors (Lipinski definition) is 5. The van der Waals surface area contributed by atoms with E-state index in [9.17, 15) is 4.79 Å². The molecule has 0 aliphatic carbocycles. The zero-order chi connectivity index (χ0) is 22.1. The highest BCUT2D eigenvalue weighted by Gasteiger charge is 2.31. The summed E-state index contributed by atoms with van der Waals surface area (Å²) in [5.74, 6) is -0.139. The molecular formula is C20H19Cl3N6O2. The first-order valence-electron chi connectivity index (χ1n) is 9.59. The molecule has 0 radical (unpaired) electrons. The molecule has 1 atom stereocenters. The zero-order valence-corrected chi connectivity index (χ0v) is 19.0. The van der Waals surface area contributed by atoms with Gasteiger partial charge in [-0.1, -0.05) is 46.0 Å². The van der Waals surface area contributed by atoms with Crippen LogP contribution in [-0.4, -0.2) is 37.3 Å². The number of nitrogens with zero attached hydrogens (tertiary/aromatic N) is 5. The summed E-state index contributed by atoms with van der Waals surface area (Å²) in [7, 11) is 0. The second kappa shape index (κ2) is 8.90. The Morgan fingerprint density at radius 1 is 1.19 bits per heavy atom. The number of aryl methyl sites for hydroxylation is 2. The van der Waals surface area contributed by atoms with Gasteiger partial charge >= 0.3 is 0 Å². The van der Waals surface area contributed by atoms with Crippen LogP contribution in [0.25, 0.3) is 0 Å². The van der Waals surface area contributed by atoms with E-state index in [1.54, 1.807) is 23.0 Å². The minimum absolute atomic E-state index is 0.240. The Balaban J connectivity index is 1.41. The Hall–Kier alpha value is -2.55. The van der Waals surface area contributed by atoms with Crippen molar-refractivity contribution in [2.45, 2.75) is 39.5 Å². The number of carbonyl (C=O) groups excluding carboxylic acids is 1. The first-order valence-corrected chi connectivity index (χ1v) is 10.7. The van der Waals surface area contributed by atoms with Crippen LogP contribution >= 0.6 is 34.8 Å². The van der Waals surface area contributed by atoms with Crippen molar-refractivity contribution >= 4 is 52.2 Å². The van der Waals surface area contributed by atoms with E-state index in [0.29, 0.717) is 33.7 Å². The Morgan fingerprint density at radius 3 is 2.71 bits per heavy atom. The SMILES string of the molecule is CCn1cc(C2=NOC(C(=O)Nc3nn(Cc4ccc(Cl)cc4Cl)cc3Cl)C2)c(C)n1. The first-order chi connectivity index (χ1) is 14.8. The van der Waals surface area contributed by atoms with Crippen molar-refractivity contribution in [3.63, 3.8) is 0 Å². The molecule has 162 valence electrons. The number of oxime groups is 1. The van der Waals surface area contributed by atoms with E-state index in [1.165, 1.54) is 0 Å². The van der Waals surface area contributed by atoms with Gasteiger partial charge in [0, 0.05) is 41.0 Å². The van der Waals surface area contributed by atoms with Gasteiger partial charge in [-0.25, -0.2) is 0 Å². The number of amides is 1. The highest BCUT2D eigenvalue weighted by Crippen LogP contribution is 2.25. The van der Waals surface area contributed by atoms with E-state index >= 15 is 0 Å². The summed E-state index contributed by atoms with van der Waals surface area (Å²) < 4.78 is 3.41. The van der Waals surface area contributed by atoms with Crippen molar-refractivity contribution in [3.05, 3.63) is 62.5 Å². The summed E-state index contributed by atoms with van der Waals surface area (Å²) in [4.78, 5) is 18.0. The van der Waals surface area contributed by atoms with Crippen LogP contribution in [0.5, 0.6) is 0 Å². The standard InChI is InChI=1S/C20H19Cl3N6O2/c1-3-28-9-14(11(2)25-28)17-7-18(31-27-17)20(30)24-19-16(23)10-29(26-19)8-12-4-5-13(21)6-15(12)22/h4-6,9-10,18H,3,7-8H2,1-2H3,(H,24,26,30). The van der Waals surface area contributed by atoms with E-state index in [0.717, 1.165) is 23.4 Å². The minimum Gasteiger partial charge on any atom is -0.382 e. The number of hydrogen-bond donors (Lipinski definition) is 1. The van der Waals surface area contributed by atoms with E-state index in [2.05, 4.69) is 20.7 Å². The van der Waals surface area contributed by atoms with Crippen LogP contribution in [0, 0.1) is 6.92 Å². The quantitative estimate of drug-likeness (QED) is 0.560. The molecule has 11 heteroatoms. The molecule has 0 fully saturated rings. The van der Waals surface area contributed by atoms with Crippen LogP contribution < -0.4 is 5.32 Å². The van der Waals surface area contributed by atoms with E-state index < -0.39 is 6.10 Å². The molecule has 0 bridgehead atoms. The van der Waals surface area contributed by atoms with Gasteiger partial charge in [0.1, 0.15) is 5.02 Å². The molecule has 1 aliphatic rings. The Labute approximate surface area is 193 Å². The molecule has 1 aromatic carbocycles. The van der Waals surface area contributed by atoms with Crippen LogP contribution in [0.2, 0.25) is 15.1 Å². The maximum absolute atomic E-state index is 12.7. The van der Waals surface area contributed by atoms with Gasteiger partial charge in [0.25, 0.3) is 5.91 Å². The number of anilines is 1. The molecular weight excluding hydrogens is 463 g/mol. The number of carbonyl (C=O) groups is 1. The van der Waals surface area contributed by atoms with Crippen LogP contribution in [-0.2, 0) is 22.7 Å². The molecule has 3 heterocycles. The predicted molar refractivity (Wildman–Crippen MR) is 120 cm³/mol. The third kappa shape index (κ3) is 4.71. The second-order valence-corrected chi connectivity index (χ2v) is 8.32. The van der Waals surface area contributed by atoms with Gasteiger partial charge in [0.05, 0.1) is 18.0 Å². The summed E-state index contributed by atoms with van der Waals surface area (Å²) >= 11 is 18.4. The minimum atomic E-state index is -0.772. The third-order valence-electron chi connectivity index (χ3n) is 4.85. The molecule has 31 heavy (non-hydrogen) atoms. The first kappa shape index (κ1) is 21.7. The molecule has 2 aromatic heterocycles. The van der Waals surface area contributed by atoms with Crippen LogP contribution in [0.4, 0.5) is 5.82 Å². The van der Waals surface area contributed by atoms with Gasteiger partial charge in [-0.15, -0.1) is 0 Å². The average molecular weight is 482 g/mol. The number of rotatable bonds is 6. The maximum atomic E-state index is 12.7. The van der Waals surface area contributed by atoms with Gasteiger partial charge < -0.3 is 10.2 Å². The highest BCUT2D eigenvalue weighted by molar-refractivity contribution is 6.35. The summed E-state index contributed by atoms with van der Waals surface area (Å²) in [6.07, 6.45) is 3.08. The van der Waals surface area contributed by atoms with Crippen molar-refractivity contribution < 1.29 is 9.63 Å². The summed E-state index contributed by atoms with van der Waals surface area (Å²) in [6.45, 7) is 5.03. The monoisotopic (exact) mass is 480 g/mol. The van der Waals surface area contributed by atoms with Crippen molar-refractivity contribution in [2.75, 3.05) is 5.32 Å². The van der Waals surface area contributed by atoms with Gasteiger partial charge in [-0.2, -0.15) is 10.2 Å². The molecule has 0 spiro atoms. The van der Waals surface area contributed by atoms with E-state index in [4.69, 9.17) is 39.6 Å². The molecule has 1 unspecified atom stereocenters. The molecule has 1 amide bonds. The number of benzene rings is 1. The summed E-state index contributed by atoms with van der Waals surface area (Å²) in [6, 6.07) is 5.22. The maximum Gasteiger partial charge on any atom is 0.269 e. The molecule has 4 rings (SSSR count). The lowest BCUT2D eigenvalue weighted by Crippen LogP contribution is -2.28. The predicted octanol–water partition coefficient (Wildman–Crippen LogP) is 4.55. The molecule has 1 N–H and O–H groups in total. The van der Waals surface area contributed by atoms with E-state index in [1.807, 2.05) is 30.8 Å². The summed E-state index contributed by atoms with van der Waals surface area (Å²) in [5, 5.41) is 16.9. The molecule has 0 saturated heterocycles. The summed E-state index contributed by atoms with van der Waals surface area (Å²) in [5.41, 5.74) is 3.22. The molecule has 1 aliphatic heterocycles. The van der Waals surface area contributed by atoms with Crippen molar-refractivity contribution in [1.29, 1.82) is 0 Å². The topological polar surface area (TPSA) is 86.3 Å². The lowest BCUT2D eigenvalue weighted by atomic mass is 10.1. The lowest BCUT2D eigenvalue weighted by Gasteiger charge is -2.08. The zero-order valence-electron chi connectivity index (χ0n) is 16.8. The highest BCUT2D eigenvalue weighted by atomic mass is 35.5. The number of aromatic nitrogens is 4. The average Bonchev–Trinajstić information content (AvgIpc) is 3.43. The van der Waals surface area contributed by atoms with Crippen LogP contribution in [0.15, 0.2) is 35.7 Å². The van der Waals surface area contributed by atoms with Gasteiger partial charge in [0.2, 0.25) is 6.10 Å². The molecule has 8 nitrogen and oxygen atoms in total. The lowest BCUT2D eigenvalue weighted by molar-refractivity contribution is -0.125. The Morgan fingerprint density at radius 2 is 2.00 bits per heavy atom. The van der Waals surface area contributed by atoms with Gasteiger partial charge in [0.15, 0.2) is 5.82 Å². The second-order valence-electron chi connectivity index (χ2n) is 7.07. The van der Waals surface area contributed by atoms with Crippen molar-refractivity contribution in [2.24, 2.45) is 5.16 Å². The fourth-order valence-corrected chi connectivity index (χ4v) is 3.89. The Kier molecular flexibility index (Phi) is 6.22. The number of halogens is 3. The smallest absolute Gasteiger partial charge is 0.269 e. The third-order valence-corrected chi connectivity index (χ3v) is 5.71. The van der Waals surface area contributed by atoms with Crippen LogP contribution in [0.1, 0.15) is 30.2 Å². The molecule has 0 saturated carbocycles. The number of nitrogens with one attached hydrogen (secondary N) is 1.